The number of H-pyrrole nitrogens is 1. The number of hydrogen-bond acceptors (Lipinski definition) is 7. The van der Waals surface area contributed by atoms with Crippen LogP contribution in [0, 0.1) is 0 Å². The average Bonchev–Trinajstić information content (AvgIpc) is 3.34. The fourth-order valence-electron chi connectivity index (χ4n) is 3.77. The van der Waals surface area contributed by atoms with Gasteiger partial charge >= 0.3 is 0 Å². The van der Waals surface area contributed by atoms with E-state index in [4.69, 9.17) is 4.98 Å². The molecule has 0 unspecified atom stereocenters. The van der Waals surface area contributed by atoms with E-state index in [0.29, 0.717) is 11.3 Å². The Morgan fingerprint density at radius 1 is 1.06 bits per heavy atom. The van der Waals surface area contributed by atoms with Crippen molar-refractivity contribution in [2.24, 2.45) is 0 Å². The van der Waals surface area contributed by atoms with Crippen LogP contribution in [-0.4, -0.2) is 69.1 Å². The van der Waals surface area contributed by atoms with E-state index in [1.807, 2.05) is 24.3 Å². The summed E-state index contributed by atoms with van der Waals surface area (Å²) in [6, 6.07) is 9.48. The lowest BCUT2D eigenvalue weighted by molar-refractivity contribution is 0.0992. The first-order valence-corrected chi connectivity index (χ1v) is 10.3. The third-order valence-electron chi connectivity index (χ3n) is 5.66. The van der Waals surface area contributed by atoms with Crippen LogP contribution in [0.5, 0.6) is 0 Å². The molecule has 4 aromatic heterocycles. The molecule has 0 atom stereocenters. The average molecular weight is 413 g/mol. The van der Waals surface area contributed by atoms with Gasteiger partial charge in [-0.15, -0.1) is 0 Å². The van der Waals surface area contributed by atoms with Crippen LogP contribution in [0.3, 0.4) is 0 Å². The number of rotatable bonds is 5. The minimum absolute atomic E-state index is 0.0237. The van der Waals surface area contributed by atoms with Crippen LogP contribution in [0.2, 0.25) is 0 Å². The second kappa shape index (κ2) is 8.23. The summed E-state index contributed by atoms with van der Waals surface area (Å²) in [6.45, 7) is 3.82. The standard InChI is InChI=1S/C23H23N7O/c1-29-6-8-30(9-7-29)23-10-16(4-5-24-23)22(31)12-19-11-21-17(13-25-19)2-3-20(28-21)18-14-26-27-15-18/h2-5,10-11,13-15H,6-9,12H2,1H3,(H,26,27). The Morgan fingerprint density at radius 3 is 2.74 bits per heavy atom. The number of aromatic amines is 1. The van der Waals surface area contributed by atoms with Crippen molar-refractivity contribution in [1.82, 2.24) is 30.0 Å². The second-order valence-electron chi connectivity index (χ2n) is 7.84. The van der Waals surface area contributed by atoms with Crippen molar-refractivity contribution >= 4 is 22.5 Å². The molecule has 0 saturated carbocycles. The summed E-state index contributed by atoms with van der Waals surface area (Å²) in [7, 11) is 2.12. The summed E-state index contributed by atoms with van der Waals surface area (Å²) < 4.78 is 0. The molecule has 8 nitrogen and oxygen atoms in total. The lowest BCUT2D eigenvalue weighted by atomic mass is 10.1. The molecule has 0 amide bonds. The number of Topliss-reactive ketones (excluding diaryl/α,β-unsaturated/α-hetero) is 1. The van der Waals surface area contributed by atoms with Crippen molar-refractivity contribution < 1.29 is 4.79 Å². The molecule has 1 aliphatic rings. The second-order valence-corrected chi connectivity index (χ2v) is 7.84. The molecule has 0 bridgehead atoms. The SMILES string of the molecule is CN1CCN(c2cc(C(=O)Cc3cc4nc(-c5cn[nH]c5)ccc4cn3)ccn2)CC1. The van der Waals surface area contributed by atoms with Crippen LogP contribution in [0.1, 0.15) is 16.1 Å². The molecule has 1 N–H and O–H groups in total. The zero-order chi connectivity index (χ0) is 21.2. The highest BCUT2D eigenvalue weighted by Gasteiger charge is 2.17. The molecule has 1 saturated heterocycles. The van der Waals surface area contributed by atoms with E-state index in [9.17, 15) is 4.79 Å². The number of anilines is 1. The Kier molecular flexibility index (Phi) is 5.13. The molecule has 0 spiro atoms. The predicted molar refractivity (Wildman–Crippen MR) is 119 cm³/mol. The van der Waals surface area contributed by atoms with Gasteiger partial charge in [0.15, 0.2) is 5.78 Å². The van der Waals surface area contributed by atoms with Gasteiger partial charge in [-0.2, -0.15) is 5.10 Å². The quantitative estimate of drug-likeness (QED) is 0.503. The molecule has 0 aromatic carbocycles. The fraction of sp³-hybridized carbons (Fsp3) is 0.261. The van der Waals surface area contributed by atoms with Crippen LogP contribution < -0.4 is 4.90 Å². The molecule has 5 heterocycles. The summed E-state index contributed by atoms with van der Waals surface area (Å²) in [6.07, 6.45) is 7.25. The van der Waals surface area contributed by atoms with Crippen molar-refractivity contribution in [3.63, 3.8) is 0 Å². The van der Waals surface area contributed by atoms with Gasteiger partial charge in [0.1, 0.15) is 5.82 Å². The first-order valence-electron chi connectivity index (χ1n) is 10.3. The Labute approximate surface area is 180 Å². The summed E-state index contributed by atoms with van der Waals surface area (Å²) in [5, 5.41) is 7.72. The van der Waals surface area contributed by atoms with Gasteiger partial charge in [0.25, 0.3) is 0 Å². The number of carbonyl (C=O) groups excluding carboxylic acids is 1. The smallest absolute Gasteiger partial charge is 0.169 e. The normalized spacial score (nSPS) is 14.8. The maximum atomic E-state index is 13.0. The number of nitrogens with zero attached hydrogens (tertiary/aromatic N) is 6. The zero-order valence-electron chi connectivity index (χ0n) is 17.3. The molecular weight excluding hydrogens is 390 g/mol. The van der Waals surface area contributed by atoms with Gasteiger partial charge in [-0.25, -0.2) is 9.97 Å². The number of nitrogens with one attached hydrogen (secondary N) is 1. The topological polar surface area (TPSA) is 90.9 Å². The highest BCUT2D eigenvalue weighted by molar-refractivity contribution is 5.98. The number of carbonyl (C=O) groups is 1. The monoisotopic (exact) mass is 413 g/mol. The summed E-state index contributed by atoms with van der Waals surface area (Å²) in [5.74, 6) is 0.882. The van der Waals surface area contributed by atoms with Crippen molar-refractivity contribution in [1.29, 1.82) is 0 Å². The first kappa shape index (κ1) is 19.3. The Bertz CT molecular complexity index is 1210. The van der Waals surface area contributed by atoms with E-state index in [1.54, 1.807) is 30.9 Å². The molecule has 0 radical (unpaired) electrons. The Morgan fingerprint density at radius 2 is 1.94 bits per heavy atom. The van der Waals surface area contributed by atoms with Gasteiger partial charge in [0.05, 0.1) is 29.5 Å². The van der Waals surface area contributed by atoms with Gasteiger partial charge in [-0.3, -0.25) is 14.9 Å². The number of fused-ring (bicyclic) bond motifs is 1. The third kappa shape index (κ3) is 4.15. The van der Waals surface area contributed by atoms with E-state index in [-0.39, 0.29) is 12.2 Å². The van der Waals surface area contributed by atoms with Crippen LogP contribution in [0.25, 0.3) is 22.2 Å². The summed E-state index contributed by atoms with van der Waals surface area (Å²) >= 11 is 0. The largest absolute Gasteiger partial charge is 0.354 e. The number of pyridine rings is 3. The van der Waals surface area contributed by atoms with Crippen molar-refractivity contribution in [3.05, 3.63) is 66.4 Å². The fourth-order valence-corrected chi connectivity index (χ4v) is 3.77. The van der Waals surface area contributed by atoms with Gasteiger partial charge in [0, 0.05) is 61.3 Å². The van der Waals surface area contributed by atoms with E-state index in [1.165, 1.54) is 0 Å². The van der Waals surface area contributed by atoms with E-state index >= 15 is 0 Å². The van der Waals surface area contributed by atoms with Crippen LogP contribution >= 0.6 is 0 Å². The highest BCUT2D eigenvalue weighted by atomic mass is 16.1. The number of aromatic nitrogens is 5. The predicted octanol–water partition coefficient (Wildman–Crippen LogP) is 2.59. The lowest BCUT2D eigenvalue weighted by Gasteiger charge is -2.33. The number of ketones is 1. The van der Waals surface area contributed by atoms with Crippen LogP contribution in [-0.2, 0) is 6.42 Å². The number of hydrogen-bond donors (Lipinski definition) is 1. The molecular formula is C23H23N7O. The Hall–Kier alpha value is -3.65. The maximum absolute atomic E-state index is 13.0. The molecule has 5 rings (SSSR count). The molecule has 1 fully saturated rings. The summed E-state index contributed by atoms with van der Waals surface area (Å²) in [5.41, 5.74) is 3.92. The zero-order valence-corrected chi connectivity index (χ0v) is 17.3. The molecule has 31 heavy (non-hydrogen) atoms. The molecule has 1 aliphatic heterocycles. The minimum Gasteiger partial charge on any atom is -0.354 e. The lowest BCUT2D eigenvalue weighted by Crippen LogP contribution is -2.44. The van der Waals surface area contributed by atoms with Crippen molar-refractivity contribution in [2.75, 3.05) is 38.1 Å². The third-order valence-corrected chi connectivity index (χ3v) is 5.66. The first-order chi connectivity index (χ1) is 15.2. The number of likely N-dealkylation sites (N-methyl/N-ethyl adjacent to an activating group) is 1. The van der Waals surface area contributed by atoms with E-state index < -0.39 is 0 Å². The summed E-state index contributed by atoms with van der Waals surface area (Å²) in [4.78, 5) is 31.1. The molecule has 156 valence electrons. The molecule has 0 aliphatic carbocycles. The minimum atomic E-state index is 0.0237. The Balaban J connectivity index is 1.35. The van der Waals surface area contributed by atoms with E-state index in [2.05, 4.69) is 37.0 Å². The van der Waals surface area contributed by atoms with Crippen molar-refractivity contribution in [2.45, 2.75) is 6.42 Å². The highest BCUT2D eigenvalue weighted by Crippen LogP contribution is 2.21. The maximum Gasteiger partial charge on any atom is 0.169 e. The molecule has 8 heteroatoms. The van der Waals surface area contributed by atoms with E-state index in [0.717, 1.165) is 54.2 Å². The van der Waals surface area contributed by atoms with Crippen LogP contribution in [0.15, 0.2) is 55.1 Å². The van der Waals surface area contributed by atoms with Gasteiger partial charge in [-0.05, 0) is 37.4 Å². The van der Waals surface area contributed by atoms with Gasteiger partial charge in [0.2, 0.25) is 0 Å². The van der Waals surface area contributed by atoms with Gasteiger partial charge in [-0.1, -0.05) is 0 Å². The molecule has 4 aromatic rings. The number of piperazine rings is 1. The van der Waals surface area contributed by atoms with Gasteiger partial charge < -0.3 is 9.80 Å². The van der Waals surface area contributed by atoms with Crippen LogP contribution in [0.4, 0.5) is 5.82 Å². The van der Waals surface area contributed by atoms with Crippen molar-refractivity contribution in [3.8, 4) is 11.3 Å².